The molecule has 2 bridgehead atoms. The van der Waals surface area contributed by atoms with Crippen molar-refractivity contribution in [2.24, 2.45) is 7.05 Å². The zero-order valence-corrected chi connectivity index (χ0v) is 17.9. The lowest BCUT2D eigenvalue weighted by Gasteiger charge is -2.44. The van der Waals surface area contributed by atoms with Crippen LogP contribution in [0, 0.1) is 0 Å². The number of carbonyl (C=O) groups is 3. The van der Waals surface area contributed by atoms with Crippen molar-refractivity contribution in [1.82, 2.24) is 9.47 Å². The quantitative estimate of drug-likeness (QED) is 0.702. The van der Waals surface area contributed by atoms with Gasteiger partial charge in [-0.05, 0) is 40.2 Å². The van der Waals surface area contributed by atoms with Crippen molar-refractivity contribution >= 4 is 28.7 Å². The Labute approximate surface area is 175 Å². The summed E-state index contributed by atoms with van der Waals surface area (Å²) < 4.78 is 12.8. The van der Waals surface area contributed by atoms with Crippen LogP contribution >= 0.6 is 0 Å². The van der Waals surface area contributed by atoms with Crippen molar-refractivity contribution < 1.29 is 23.9 Å². The lowest BCUT2D eigenvalue weighted by Crippen LogP contribution is -2.56. The third kappa shape index (κ3) is 3.00. The molecular weight excluding hydrogens is 384 g/mol. The van der Waals surface area contributed by atoms with Gasteiger partial charge in [-0.3, -0.25) is 9.69 Å². The second-order valence-corrected chi connectivity index (χ2v) is 8.62. The first-order chi connectivity index (χ1) is 14.2. The summed E-state index contributed by atoms with van der Waals surface area (Å²) in [7, 11) is 1.90. The summed E-state index contributed by atoms with van der Waals surface area (Å²) >= 11 is 0. The van der Waals surface area contributed by atoms with E-state index in [9.17, 15) is 14.4 Å². The second kappa shape index (κ2) is 7.00. The molecule has 1 unspecified atom stereocenters. The molecule has 0 fully saturated rings. The number of hydrogen-bond acceptors (Lipinski definition) is 5. The maximum Gasteiger partial charge on any atom is 0.411 e. The van der Waals surface area contributed by atoms with Crippen LogP contribution in [0.5, 0.6) is 0 Å². The molecule has 0 N–H and O–H groups in total. The largest absolute Gasteiger partial charge is 0.463 e. The van der Waals surface area contributed by atoms with E-state index in [1.807, 2.05) is 35.9 Å². The number of carbonyl (C=O) groups excluding carboxylic acids is 3. The van der Waals surface area contributed by atoms with Crippen LogP contribution in [0.4, 0.5) is 4.79 Å². The number of rotatable bonds is 2. The normalized spacial score (nSPS) is 20.6. The SMILES string of the molecule is CCOC(=O)C1=CC[C@H]2c3c(c4ccccc4n3C)C(=O)C1N2C(=O)OC(C)(C)C. The fourth-order valence-corrected chi connectivity index (χ4v) is 4.46. The fourth-order valence-electron chi connectivity index (χ4n) is 4.46. The molecule has 0 aliphatic carbocycles. The molecule has 0 spiro atoms. The Bertz CT molecular complexity index is 1090. The van der Waals surface area contributed by atoms with Gasteiger partial charge >= 0.3 is 12.1 Å². The minimum Gasteiger partial charge on any atom is -0.463 e. The standard InChI is InChI=1S/C23H26N2O5/c1-6-29-21(27)14-11-12-16-19-17(13-9-7-8-10-15(13)24(19)5)20(26)18(14)25(16)22(28)30-23(2,3)4/h7-11,16,18H,6,12H2,1-5H3/t16-,18?/m0/s1. The lowest BCUT2D eigenvalue weighted by molar-refractivity contribution is -0.139. The van der Waals surface area contributed by atoms with Crippen LogP contribution in [0.1, 0.15) is 56.2 Å². The Morgan fingerprint density at radius 3 is 2.57 bits per heavy atom. The van der Waals surface area contributed by atoms with E-state index in [0.717, 1.165) is 16.6 Å². The minimum atomic E-state index is -1.06. The number of nitrogens with zero attached hydrogens (tertiary/aromatic N) is 2. The van der Waals surface area contributed by atoms with Gasteiger partial charge in [0.15, 0.2) is 5.78 Å². The van der Waals surface area contributed by atoms with E-state index in [1.54, 1.807) is 33.8 Å². The van der Waals surface area contributed by atoms with Crippen molar-refractivity contribution in [2.75, 3.05) is 6.61 Å². The molecule has 30 heavy (non-hydrogen) atoms. The number of fused-ring (bicyclic) bond motifs is 6. The molecule has 2 aliphatic heterocycles. The predicted octanol–water partition coefficient (Wildman–Crippen LogP) is 3.91. The number of amides is 1. The Kier molecular flexibility index (Phi) is 4.71. The number of benzene rings is 1. The van der Waals surface area contributed by atoms with Crippen molar-refractivity contribution in [3.05, 3.63) is 47.2 Å². The van der Waals surface area contributed by atoms with E-state index in [0.29, 0.717) is 12.0 Å². The molecule has 1 aromatic carbocycles. The first kappa shape index (κ1) is 20.2. The topological polar surface area (TPSA) is 77.8 Å². The Morgan fingerprint density at radius 1 is 1.20 bits per heavy atom. The highest BCUT2D eigenvalue weighted by atomic mass is 16.6. The van der Waals surface area contributed by atoms with Crippen LogP contribution in [0.2, 0.25) is 0 Å². The number of esters is 1. The molecule has 2 aliphatic rings. The molecule has 1 amide bonds. The average Bonchev–Trinajstić information content (AvgIpc) is 2.97. The number of para-hydroxylation sites is 1. The number of aromatic nitrogens is 1. The van der Waals surface area contributed by atoms with E-state index in [1.165, 1.54) is 4.90 Å². The number of ketones is 1. The minimum absolute atomic E-state index is 0.187. The van der Waals surface area contributed by atoms with Gasteiger partial charge in [0.25, 0.3) is 0 Å². The van der Waals surface area contributed by atoms with Crippen LogP contribution < -0.4 is 0 Å². The fraction of sp³-hybridized carbons (Fsp3) is 0.435. The highest BCUT2D eigenvalue weighted by Gasteiger charge is 2.51. The van der Waals surface area contributed by atoms with Gasteiger partial charge in [-0.15, -0.1) is 0 Å². The second-order valence-electron chi connectivity index (χ2n) is 8.62. The molecule has 7 nitrogen and oxygen atoms in total. The van der Waals surface area contributed by atoms with Gasteiger partial charge in [0.2, 0.25) is 0 Å². The molecule has 0 radical (unpaired) electrons. The Morgan fingerprint density at radius 2 is 1.90 bits per heavy atom. The Balaban J connectivity index is 1.92. The molecule has 3 heterocycles. The van der Waals surface area contributed by atoms with Gasteiger partial charge in [-0.2, -0.15) is 0 Å². The molecule has 0 saturated carbocycles. The van der Waals surface area contributed by atoms with E-state index in [4.69, 9.17) is 9.47 Å². The van der Waals surface area contributed by atoms with Gasteiger partial charge in [0, 0.05) is 18.0 Å². The van der Waals surface area contributed by atoms with Crippen LogP contribution in [-0.2, 0) is 21.3 Å². The van der Waals surface area contributed by atoms with E-state index in [-0.39, 0.29) is 18.0 Å². The van der Waals surface area contributed by atoms with Gasteiger partial charge in [0.05, 0.1) is 29.5 Å². The van der Waals surface area contributed by atoms with Gasteiger partial charge in [0.1, 0.15) is 11.6 Å². The van der Waals surface area contributed by atoms with Gasteiger partial charge in [-0.1, -0.05) is 24.3 Å². The van der Waals surface area contributed by atoms with Crippen LogP contribution in [0.15, 0.2) is 35.9 Å². The Hall–Kier alpha value is -3.09. The summed E-state index contributed by atoms with van der Waals surface area (Å²) in [5.74, 6) is -0.866. The van der Waals surface area contributed by atoms with Gasteiger partial charge in [-0.25, -0.2) is 9.59 Å². The third-order valence-corrected chi connectivity index (χ3v) is 5.55. The maximum atomic E-state index is 13.7. The number of aryl methyl sites for hydroxylation is 1. The highest BCUT2D eigenvalue weighted by Crippen LogP contribution is 2.45. The zero-order valence-electron chi connectivity index (χ0n) is 17.9. The van der Waals surface area contributed by atoms with Crippen LogP contribution in [0.3, 0.4) is 0 Å². The molecule has 4 rings (SSSR count). The van der Waals surface area contributed by atoms with Crippen molar-refractivity contribution in [2.45, 2.75) is 51.8 Å². The maximum absolute atomic E-state index is 13.7. The molecule has 7 heteroatoms. The summed E-state index contributed by atoms with van der Waals surface area (Å²) in [6.07, 6.45) is 1.51. The van der Waals surface area contributed by atoms with E-state index in [2.05, 4.69) is 0 Å². The molecular formula is C23H26N2O5. The first-order valence-corrected chi connectivity index (χ1v) is 10.2. The van der Waals surface area contributed by atoms with Crippen molar-refractivity contribution in [1.29, 1.82) is 0 Å². The number of ether oxygens (including phenoxy) is 2. The molecule has 2 atom stereocenters. The summed E-state index contributed by atoms with van der Waals surface area (Å²) in [6, 6.07) is 6.18. The summed E-state index contributed by atoms with van der Waals surface area (Å²) in [6.45, 7) is 7.22. The highest BCUT2D eigenvalue weighted by molar-refractivity contribution is 6.18. The third-order valence-electron chi connectivity index (χ3n) is 5.55. The lowest BCUT2D eigenvalue weighted by atomic mass is 9.81. The monoisotopic (exact) mass is 410 g/mol. The van der Waals surface area contributed by atoms with Crippen molar-refractivity contribution in [3.8, 4) is 0 Å². The van der Waals surface area contributed by atoms with Crippen LogP contribution in [0.25, 0.3) is 10.9 Å². The number of Topliss-reactive ketones (excluding diaryl/α,β-unsaturated/α-hetero) is 1. The average molecular weight is 410 g/mol. The molecule has 158 valence electrons. The van der Waals surface area contributed by atoms with Gasteiger partial charge < -0.3 is 14.0 Å². The van der Waals surface area contributed by atoms with Crippen molar-refractivity contribution in [3.63, 3.8) is 0 Å². The smallest absolute Gasteiger partial charge is 0.411 e. The first-order valence-electron chi connectivity index (χ1n) is 10.2. The predicted molar refractivity (Wildman–Crippen MR) is 111 cm³/mol. The zero-order chi connectivity index (χ0) is 21.8. The summed E-state index contributed by atoms with van der Waals surface area (Å²) in [4.78, 5) is 41.0. The summed E-state index contributed by atoms with van der Waals surface area (Å²) in [5.41, 5.74) is 1.70. The molecule has 2 aromatic rings. The van der Waals surface area contributed by atoms with E-state index >= 15 is 0 Å². The van der Waals surface area contributed by atoms with Crippen LogP contribution in [-0.4, -0.2) is 45.6 Å². The molecule has 0 saturated heterocycles. The summed E-state index contributed by atoms with van der Waals surface area (Å²) in [5, 5.41) is 0.823. The molecule has 1 aromatic heterocycles. The van der Waals surface area contributed by atoms with E-state index < -0.39 is 29.7 Å². The number of hydrogen-bond donors (Lipinski definition) is 0.